The number of benzene rings is 2. The average Bonchev–Trinajstić information content (AvgIpc) is 3.29. The van der Waals surface area contributed by atoms with Crippen molar-refractivity contribution < 1.29 is 18.7 Å². The SMILES string of the molecule is COCCCn1c(C2CCCN(C(=O)C[C@H](N)Cc3ccc(-c4cnc(N)nc4OC)cc3)C2)c(C)c2cccc(F)c21. The van der Waals surface area contributed by atoms with Gasteiger partial charge in [-0.2, -0.15) is 4.98 Å². The second-order valence-corrected chi connectivity index (χ2v) is 11.3. The molecule has 5 rings (SSSR count). The van der Waals surface area contributed by atoms with Crippen LogP contribution in [0.2, 0.25) is 0 Å². The molecular formula is C33H41FN6O3. The van der Waals surface area contributed by atoms with Crippen LogP contribution >= 0.6 is 0 Å². The van der Waals surface area contributed by atoms with Crippen molar-refractivity contribution in [3.63, 3.8) is 0 Å². The molecule has 0 spiro atoms. The van der Waals surface area contributed by atoms with Crippen molar-refractivity contribution in [1.82, 2.24) is 19.4 Å². The van der Waals surface area contributed by atoms with Crippen molar-refractivity contribution in [3.8, 4) is 17.0 Å². The Hall–Kier alpha value is -4.02. The molecule has 1 amide bonds. The van der Waals surface area contributed by atoms with Gasteiger partial charge < -0.3 is 30.4 Å². The Morgan fingerprint density at radius 1 is 1.19 bits per heavy atom. The summed E-state index contributed by atoms with van der Waals surface area (Å²) in [5, 5.41) is 0.936. The number of aromatic nitrogens is 3. The van der Waals surface area contributed by atoms with E-state index in [1.807, 2.05) is 35.2 Å². The Bertz CT molecular complexity index is 1570. The van der Waals surface area contributed by atoms with Crippen LogP contribution in [0.4, 0.5) is 10.3 Å². The number of nitrogens with zero attached hydrogens (tertiary/aromatic N) is 4. The maximum absolute atomic E-state index is 15.1. The fourth-order valence-corrected chi connectivity index (χ4v) is 6.39. The second kappa shape index (κ2) is 13.5. The number of carbonyl (C=O) groups excluding carboxylic acids is 1. The summed E-state index contributed by atoms with van der Waals surface area (Å²) in [5.74, 6) is 0.543. The summed E-state index contributed by atoms with van der Waals surface area (Å²) < 4.78 is 27.8. The van der Waals surface area contributed by atoms with Gasteiger partial charge in [0, 0.05) is 69.0 Å². The fourth-order valence-electron chi connectivity index (χ4n) is 6.39. The minimum atomic E-state index is -0.315. The van der Waals surface area contributed by atoms with Gasteiger partial charge in [0.05, 0.1) is 18.2 Å². The molecule has 1 saturated heterocycles. The molecule has 10 heteroatoms. The van der Waals surface area contributed by atoms with Gasteiger partial charge in [0.1, 0.15) is 5.82 Å². The number of methoxy groups -OCH3 is 2. The highest BCUT2D eigenvalue weighted by Gasteiger charge is 2.30. The van der Waals surface area contributed by atoms with Crippen LogP contribution in [0.3, 0.4) is 0 Å². The van der Waals surface area contributed by atoms with Crippen molar-refractivity contribution in [2.45, 2.75) is 57.5 Å². The summed E-state index contributed by atoms with van der Waals surface area (Å²) in [4.78, 5) is 23.6. The lowest BCUT2D eigenvalue weighted by Crippen LogP contribution is -2.42. The number of hydrogen-bond donors (Lipinski definition) is 2. The molecular weight excluding hydrogens is 547 g/mol. The number of fused-ring (bicyclic) bond motifs is 1. The van der Waals surface area contributed by atoms with Crippen LogP contribution in [0.25, 0.3) is 22.0 Å². The quantitative estimate of drug-likeness (QED) is 0.241. The highest BCUT2D eigenvalue weighted by Crippen LogP contribution is 2.37. The summed E-state index contributed by atoms with van der Waals surface area (Å²) in [5.41, 5.74) is 17.7. The lowest BCUT2D eigenvalue weighted by atomic mass is 9.91. The van der Waals surface area contributed by atoms with E-state index < -0.39 is 0 Å². The van der Waals surface area contributed by atoms with Crippen LogP contribution in [0.5, 0.6) is 5.88 Å². The first kappa shape index (κ1) is 30.4. The Morgan fingerprint density at radius 3 is 2.72 bits per heavy atom. The van der Waals surface area contributed by atoms with Crippen molar-refractivity contribution in [3.05, 3.63) is 71.3 Å². The highest BCUT2D eigenvalue weighted by molar-refractivity contribution is 5.86. The number of halogens is 1. The van der Waals surface area contributed by atoms with Crippen molar-refractivity contribution in [1.29, 1.82) is 0 Å². The van der Waals surface area contributed by atoms with Crippen LogP contribution < -0.4 is 16.2 Å². The first-order valence-corrected chi connectivity index (χ1v) is 14.9. The largest absolute Gasteiger partial charge is 0.480 e. The van der Waals surface area contributed by atoms with Gasteiger partial charge in [0.25, 0.3) is 0 Å². The van der Waals surface area contributed by atoms with E-state index >= 15 is 4.39 Å². The molecule has 0 radical (unpaired) electrons. The van der Waals surface area contributed by atoms with Gasteiger partial charge in [-0.1, -0.05) is 36.4 Å². The zero-order chi connectivity index (χ0) is 30.5. The molecule has 0 aliphatic carbocycles. The smallest absolute Gasteiger partial charge is 0.225 e. The number of likely N-dealkylation sites (tertiary alicyclic amines) is 1. The predicted octanol–water partition coefficient (Wildman–Crippen LogP) is 4.84. The molecule has 1 fully saturated rings. The van der Waals surface area contributed by atoms with Crippen LogP contribution in [0, 0.1) is 12.7 Å². The molecule has 1 aliphatic heterocycles. The van der Waals surface area contributed by atoms with Gasteiger partial charge >= 0.3 is 0 Å². The lowest BCUT2D eigenvalue weighted by Gasteiger charge is -2.34. The Kier molecular flexibility index (Phi) is 9.57. The van der Waals surface area contributed by atoms with Crippen molar-refractivity contribution >= 4 is 22.8 Å². The number of piperidine rings is 1. The van der Waals surface area contributed by atoms with E-state index in [0.717, 1.165) is 52.6 Å². The van der Waals surface area contributed by atoms with Crippen LogP contribution in [0.1, 0.15) is 48.4 Å². The minimum absolute atomic E-state index is 0.0588. The molecule has 228 valence electrons. The molecule has 1 aliphatic rings. The van der Waals surface area contributed by atoms with E-state index in [1.54, 1.807) is 26.5 Å². The summed E-state index contributed by atoms with van der Waals surface area (Å²) in [6.45, 7) is 4.66. The number of aryl methyl sites for hydroxylation is 2. The van der Waals surface area contributed by atoms with E-state index in [1.165, 1.54) is 6.07 Å². The molecule has 9 nitrogen and oxygen atoms in total. The van der Waals surface area contributed by atoms with Gasteiger partial charge in [-0.05, 0) is 55.4 Å². The molecule has 0 saturated carbocycles. The van der Waals surface area contributed by atoms with Crippen LogP contribution in [0.15, 0.2) is 48.7 Å². The number of rotatable bonds is 11. The zero-order valence-corrected chi connectivity index (χ0v) is 25.2. The number of nitrogens with two attached hydrogens (primary N) is 2. The topological polar surface area (TPSA) is 122 Å². The van der Waals surface area contributed by atoms with E-state index in [-0.39, 0.29) is 36.1 Å². The molecule has 0 bridgehead atoms. The predicted molar refractivity (Wildman–Crippen MR) is 166 cm³/mol. The van der Waals surface area contributed by atoms with E-state index in [4.69, 9.17) is 20.9 Å². The Labute approximate surface area is 252 Å². The maximum Gasteiger partial charge on any atom is 0.225 e. The molecule has 2 atom stereocenters. The normalized spacial score (nSPS) is 16.0. The number of anilines is 1. The first-order chi connectivity index (χ1) is 20.8. The maximum atomic E-state index is 15.1. The third-order valence-electron chi connectivity index (χ3n) is 8.39. The number of ether oxygens (including phenoxy) is 2. The van der Waals surface area contributed by atoms with Crippen molar-refractivity contribution in [2.75, 3.05) is 39.6 Å². The van der Waals surface area contributed by atoms with Gasteiger partial charge in [0.2, 0.25) is 17.7 Å². The summed E-state index contributed by atoms with van der Waals surface area (Å²) >= 11 is 0. The number of carbonyl (C=O) groups is 1. The lowest BCUT2D eigenvalue weighted by molar-refractivity contribution is -0.132. The third-order valence-corrected chi connectivity index (χ3v) is 8.39. The van der Waals surface area contributed by atoms with Gasteiger partial charge in [-0.15, -0.1) is 0 Å². The molecule has 4 N–H and O–H groups in total. The minimum Gasteiger partial charge on any atom is -0.480 e. The highest BCUT2D eigenvalue weighted by atomic mass is 19.1. The standard InChI is InChI=1S/C33H41FN6O3/c1-21-26-8-4-9-28(34)31(26)40(15-6-16-42-2)30(21)24-7-5-14-39(20-24)29(41)18-25(35)17-22-10-12-23(13-11-22)27-19-37-33(36)38-32(27)43-3/h4,8-13,19,24-25H,5-7,14-18,20,35H2,1-3H3,(H2,36,37,38)/t24?,25-/m1/s1. The summed E-state index contributed by atoms with van der Waals surface area (Å²) in [7, 11) is 3.23. The van der Waals surface area contributed by atoms with Gasteiger partial charge in [-0.3, -0.25) is 4.79 Å². The Morgan fingerprint density at radius 2 is 1.98 bits per heavy atom. The molecule has 43 heavy (non-hydrogen) atoms. The number of para-hydroxylation sites is 1. The Balaban J connectivity index is 1.25. The zero-order valence-electron chi connectivity index (χ0n) is 25.2. The average molecular weight is 589 g/mol. The fraction of sp³-hybridized carbons (Fsp3) is 0.424. The number of amides is 1. The molecule has 3 heterocycles. The third kappa shape index (κ3) is 6.65. The van der Waals surface area contributed by atoms with E-state index in [2.05, 4.69) is 21.5 Å². The van der Waals surface area contributed by atoms with Gasteiger partial charge in [-0.25, -0.2) is 9.37 Å². The summed E-state index contributed by atoms with van der Waals surface area (Å²) in [6, 6.07) is 12.9. The van der Waals surface area contributed by atoms with E-state index in [0.29, 0.717) is 44.1 Å². The van der Waals surface area contributed by atoms with E-state index in [9.17, 15) is 4.79 Å². The molecule has 4 aromatic rings. The molecule has 2 aromatic carbocycles. The van der Waals surface area contributed by atoms with Crippen molar-refractivity contribution in [2.24, 2.45) is 5.73 Å². The van der Waals surface area contributed by atoms with Gasteiger partial charge in [0.15, 0.2) is 0 Å². The number of hydrogen-bond acceptors (Lipinski definition) is 7. The molecule has 2 aromatic heterocycles. The first-order valence-electron chi connectivity index (χ1n) is 14.9. The second-order valence-electron chi connectivity index (χ2n) is 11.3. The number of nitrogen functional groups attached to an aromatic ring is 1. The van der Waals surface area contributed by atoms with Crippen LogP contribution in [-0.2, 0) is 22.5 Å². The van der Waals surface area contributed by atoms with Crippen LogP contribution in [-0.4, -0.2) is 65.3 Å². The summed E-state index contributed by atoms with van der Waals surface area (Å²) in [6.07, 6.45) is 5.11. The molecule has 1 unspecified atom stereocenters. The monoisotopic (exact) mass is 588 g/mol.